The van der Waals surface area contributed by atoms with Crippen molar-refractivity contribution in [1.82, 2.24) is 15.5 Å². The largest absolute Gasteiger partial charge is 0.444 e. The molecule has 0 aromatic heterocycles. The van der Waals surface area contributed by atoms with Crippen LogP contribution in [0, 0.1) is 6.92 Å². The van der Waals surface area contributed by atoms with Crippen LogP contribution in [0.4, 0.5) is 4.79 Å². The van der Waals surface area contributed by atoms with E-state index in [0.29, 0.717) is 12.2 Å². The Labute approximate surface area is 202 Å². The summed E-state index contributed by atoms with van der Waals surface area (Å²) in [5.74, 6) is 0.0128. The van der Waals surface area contributed by atoms with Crippen LogP contribution in [0.1, 0.15) is 58.2 Å². The Kier molecular flexibility index (Phi) is 11.5. The lowest BCUT2D eigenvalue weighted by molar-refractivity contribution is -0.142. The molecule has 0 spiro atoms. The fraction of sp³-hybridized carbons (Fsp3) is 0.560. The summed E-state index contributed by atoms with van der Waals surface area (Å²) >= 11 is 1.57. The van der Waals surface area contributed by atoms with Gasteiger partial charge in [-0.15, -0.1) is 6.58 Å². The zero-order valence-electron chi connectivity index (χ0n) is 20.9. The molecule has 2 atom stereocenters. The molecule has 1 rings (SSSR count). The van der Waals surface area contributed by atoms with E-state index in [1.54, 1.807) is 38.6 Å². The molecule has 8 heteroatoms. The van der Waals surface area contributed by atoms with Gasteiger partial charge in [0, 0.05) is 12.6 Å². The second-order valence-electron chi connectivity index (χ2n) is 9.18. The molecular formula is C25H39N3O4S. The van der Waals surface area contributed by atoms with Crippen LogP contribution < -0.4 is 10.6 Å². The van der Waals surface area contributed by atoms with Crippen LogP contribution in [0.5, 0.6) is 0 Å². The molecule has 0 saturated carbocycles. The minimum absolute atomic E-state index is 0.100. The molecule has 184 valence electrons. The third-order valence-electron chi connectivity index (χ3n) is 4.68. The lowest BCUT2D eigenvalue weighted by Crippen LogP contribution is -2.53. The molecule has 3 amide bonds. The molecule has 2 unspecified atom stereocenters. The Balaban J connectivity index is 3.40. The zero-order chi connectivity index (χ0) is 25.2. The molecule has 0 heterocycles. The summed E-state index contributed by atoms with van der Waals surface area (Å²) in [5, 5.41) is 5.65. The van der Waals surface area contributed by atoms with Crippen LogP contribution in [-0.4, -0.2) is 59.0 Å². The van der Waals surface area contributed by atoms with E-state index in [2.05, 4.69) is 17.2 Å². The molecule has 33 heavy (non-hydrogen) atoms. The van der Waals surface area contributed by atoms with E-state index < -0.39 is 23.8 Å². The van der Waals surface area contributed by atoms with Gasteiger partial charge in [0.1, 0.15) is 17.7 Å². The topological polar surface area (TPSA) is 87.7 Å². The van der Waals surface area contributed by atoms with Gasteiger partial charge in [-0.2, -0.15) is 11.8 Å². The Bertz CT molecular complexity index is 820. The molecule has 0 radical (unpaired) electrons. The van der Waals surface area contributed by atoms with Gasteiger partial charge in [0.15, 0.2) is 0 Å². The molecule has 0 aliphatic carbocycles. The van der Waals surface area contributed by atoms with Crippen molar-refractivity contribution >= 4 is 29.7 Å². The monoisotopic (exact) mass is 477 g/mol. The van der Waals surface area contributed by atoms with Crippen molar-refractivity contribution in [3.05, 3.63) is 48.0 Å². The number of ether oxygens (including phenoxy) is 1. The summed E-state index contributed by atoms with van der Waals surface area (Å²) < 4.78 is 5.38. The maximum absolute atomic E-state index is 13.8. The van der Waals surface area contributed by atoms with E-state index in [1.165, 1.54) is 4.90 Å². The lowest BCUT2D eigenvalue weighted by atomic mass is 9.97. The summed E-state index contributed by atoms with van der Waals surface area (Å²) in [6.07, 6.45) is 3.26. The Morgan fingerprint density at radius 1 is 1.18 bits per heavy atom. The van der Waals surface area contributed by atoms with Gasteiger partial charge in [-0.05, 0) is 71.1 Å². The summed E-state index contributed by atoms with van der Waals surface area (Å²) in [6.45, 7) is 14.9. The van der Waals surface area contributed by atoms with E-state index in [9.17, 15) is 14.4 Å². The number of nitrogens with one attached hydrogen (secondary N) is 2. The summed E-state index contributed by atoms with van der Waals surface area (Å²) in [5.41, 5.74) is 0.925. The number of carbonyl (C=O) groups is 3. The number of aryl methyl sites for hydroxylation is 1. The number of hydrogen-bond acceptors (Lipinski definition) is 5. The van der Waals surface area contributed by atoms with Gasteiger partial charge >= 0.3 is 6.09 Å². The van der Waals surface area contributed by atoms with Crippen molar-refractivity contribution in [2.24, 2.45) is 0 Å². The SMILES string of the molecule is C=CCN(C(=O)C(CCSC)NC(=O)OC(C)(C)C)C(C(=O)NC(C)C)c1ccccc1C. The summed E-state index contributed by atoms with van der Waals surface area (Å²) in [4.78, 5) is 41.1. The lowest BCUT2D eigenvalue weighted by Gasteiger charge is -2.34. The quantitative estimate of drug-likeness (QED) is 0.466. The Morgan fingerprint density at radius 2 is 1.82 bits per heavy atom. The fourth-order valence-corrected chi connectivity index (χ4v) is 3.78. The highest BCUT2D eigenvalue weighted by Crippen LogP contribution is 2.26. The number of hydrogen-bond donors (Lipinski definition) is 2. The average molecular weight is 478 g/mol. The molecule has 0 bridgehead atoms. The van der Waals surface area contributed by atoms with Crippen LogP contribution in [0.25, 0.3) is 0 Å². The van der Waals surface area contributed by atoms with Crippen molar-refractivity contribution in [3.8, 4) is 0 Å². The maximum atomic E-state index is 13.8. The molecule has 0 fully saturated rings. The smallest absolute Gasteiger partial charge is 0.408 e. The van der Waals surface area contributed by atoms with E-state index in [-0.39, 0.29) is 24.4 Å². The number of amides is 3. The van der Waals surface area contributed by atoms with Crippen LogP contribution in [-0.2, 0) is 14.3 Å². The third kappa shape index (κ3) is 9.50. The molecule has 1 aromatic rings. The number of benzene rings is 1. The van der Waals surface area contributed by atoms with Crippen LogP contribution >= 0.6 is 11.8 Å². The van der Waals surface area contributed by atoms with Crippen molar-refractivity contribution < 1.29 is 19.1 Å². The minimum atomic E-state index is -0.865. The predicted molar refractivity (Wildman–Crippen MR) is 135 cm³/mol. The third-order valence-corrected chi connectivity index (χ3v) is 5.33. The van der Waals surface area contributed by atoms with E-state index in [1.807, 2.05) is 51.3 Å². The van der Waals surface area contributed by atoms with E-state index in [4.69, 9.17) is 4.74 Å². The first-order valence-corrected chi connectivity index (χ1v) is 12.6. The molecule has 2 N–H and O–H groups in total. The molecule has 0 aliphatic rings. The highest BCUT2D eigenvalue weighted by Gasteiger charge is 2.36. The van der Waals surface area contributed by atoms with Crippen molar-refractivity contribution in [1.29, 1.82) is 0 Å². The van der Waals surface area contributed by atoms with Gasteiger partial charge in [0.2, 0.25) is 11.8 Å². The fourth-order valence-electron chi connectivity index (χ4n) is 3.31. The number of thioether (sulfide) groups is 1. The second kappa shape index (κ2) is 13.3. The Morgan fingerprint density at radius 3 is 2.33 bits per heavy atom. The van der Waals surface area contributed by atoms with Crippen LogP contribution in [0.15, 0.2) is 36.9 Å². The summed E-state index contributed by atoms with van der Waals surface area (Å²) in [6, 6.07) is 5.69. The molecule has 0 saturated heterocycles. The van der Waals surface area contributed by atoms with Gasteiger partial charge in [-0.25, -0.2) is 4.79 Å². The number of rotatable bonds is 11. The van der Waals surface area contributed by atoms with E-state index >= 15 is 0 Å². The zero-order valence-corrected chi connectivity index (χ0v) is 21.8. The molecule has 0 aliphatic heterocycles. The standard InChI is InChI=1S/C25H39N3O4S/c1-9-15-28(21(22(29)26-17(2)3)19-13-11-10-12-18(19)4)23(30)20(14-16-33-8)27-24(31)32-25(5,6)7/h9-13,17,20-21H,1,14-16H2,2-8H3,(H,26,29)(H,27,31). The van der Waals surface area contributed by atoms with Gasteiger partial charge in [0.05, 0.1) is 0 Å². The first-order chi connectivity index (χ1) is 15.4. The van der Waals surface area contributed by atoms with Gasteiger partial charge < -0.3 is 20.3 Å². The first kappa shape index (κ1) is 28.6. The van der Waals surface area contributed by atoms with Crippen molar-refractivity contribution in [3.63, 3.8) is 0 Å². The van der Waals surface area contributed by atoms with Crippen LogP contribution in [0.2, 0.25) is 0 Å². The first-order valence-electron chi connectivity index (χ1n) is 11.2. The predicted octanol–water partition coefficient (Wildman–Crippen LogP) is 4.22. The second-order valence-corrected chi connectivity index (χ2v) is 10.2. The van der Waals surface area contributed by atoms with Gasteiger partial charge in [0.25, 0.3) is 0 Å². The summed E-state index contributed by atoms with van der Waals surface area (Å²) in [7, 11) is 0. The Hall–Kier alpha value is -2.48. The highest BCUT2D eigenvalue weighted by atomic mass is 32.2. The minimum Gasteiger partial charge on any atom is -0.444 e. The van der Waals surface area contributed by atoms with Crippen molar-refractivity contribution in [2.75, 3.05) is 18.6 Å². The maximum Gasteiger partial charge on any atom is 0.408 e. The molecule has 7 nitrogen and oxygen atoms in total. The normalized spacial score (nSPS) is 13.1. The average Bonchev–Trinajstić information content (AvgIpc) is 2.69. The van der Waals surface area contributed by atoms with E-state index in [0.717, 1.165) is 11.1 Å². The van der Waals surface area contributed by atoms with Crippen molar-refractivity contribution in [2.45, 2.75) is 71.7 Å². The highest BCUT2D eigenvalue weighted by molar-refractivity contribution is 7.98. The number of nitrogens with zero attached hydrogens (tertiary/aromatic N) is 1. The van der Waals surface area contributed by atoms with Gasteiger partial charge in [-0.1, -0.05) is 30.3 Å². The molecular weight excluding hydrogens is 438 g/mol. The molecule has 1 aromatic carbocycles. The number of carbonyl (C=O) groups excluding carboxylic acids is 3. The number of alkyl carbamates (subject to hydrolysis) is 1. The van der Waals surface area contributed by atoms with Gasteiger partial charge in [-0.3, -0.25) is 9.59 Å². The van der Waals surface area contributed by atoms with Crippen LogP contribution in [0.3, 0.4) is 0 Å².